The molecule has 1 N–H and O–H groups in total. The van der Waals surface area contributed by atoms with Crippen molar-refractivity contribution >= 4 is 46.3 Å². The molecule has 0 aliphatic carbocycles. The first-order valence-corrected chi connectivity index (χ1v) is 10.7. The number of hydrogen-bond acceptors (Lipinski definition) is 8. The van der Waals surface area contributed by atoms with Crippen LogP contribution in [0.5, 0.6) is 23.0 Å². The molecule has 1 atom stereocenters. The summed E-state index contributed by atoms with van der Waals surface area (Å²) in [5.74, 6) is -0.00659. The number of halogens is 2. The summed E-state index contributed by atoms with van der Waals surface area (Å²) in [5, 5.41) is 11.1. The summed E-state index contributed by atoms with van der Waals surface area (Å²) in [6, 6.07) is 4.73. The van der Waals surface area contributed by atoms with Crippen molar-refractivity contribution in [1.82, 2.24) is 0 Å². The van der Waals surface area contributed by atoms with Gasteiger partial charge in [0.15, 0.2) is 34.5 Å². The van der Waals surface area contributed by atoms with Gasteiger partial charge in [-0.25, -0.2) is 0 Å². The van der Waals surface area contributed by atoms with Crippen LogP contribution < -0.4 is 24.3 Å². The first-order chi connectivity index (χ1) is 15.8. The van der Waals surface area contributed by atoms with Gasteiger partial charge in [0.1, 0.15) is 5.02 Å². The third-order valence-electron chi connectivity index (χ3n) is 4.26. The monoisotopic (exact) mass is 497 g/mol. The van der Waals surface area contributed by atoms with Gasteiger partial charge in [-0.2, -0.15) is 5.11 Å². The number of benzene rings is 2. The van der Waals surface area contributed by atoms with Crippen LogP contribution in [0.1, 0.15) is 20.8 Å². The van der Waals surface area contributed by atoms with Gasteiger partial charge in [0.25, 0.3) is 5.91 Å². The van der Waals surface area contributed by atoms with Gasteiger partial charge in [-0.1, -0.05) is 23.2 Å². The van der Waals surface area contributed by atoms with Crippen LogP contribution in [0.2, 0.25) is 10.0 Å². The zero-order valence-corrected chi connectivity index (χ0v) is 20.4. The summed E-state index contributed by atoms with van der Waals surface area (Å²) < 4.78 is 21.6. The second-order valence-electron chi connectivity index (χ2n) is 6.50. The fraction of sp³-hybridized carbons (Fsp3) is 0.364. The second-order valence-corrected chi connectivity index (χ2v) is 7.31. The molecule has 0 radical (unpaired) electrons. The van der Waals surface area contributed by atoms with Crippen molar-refractivity contribution in [3.63, 3.8) is 0 Å². The van der Waals surface area contributed by atoms with Crippen molar-refractivity contribution in [1.29, 1.82) is 0 Å². The van der Waals surface area contributed by atoms with E-state index in [0.717, 1.165) is 0 Å². The van der Waals surface area contributed by atoms with Crippen LogP contribution in [0.15, 0.2) is 34.5 Å². The van der Waals surface area contributed by atoms with Crippen molar-refractivity contribution in [3.8, 4) is 23.0 Å². The van der Waals surface area contributed by atoms with E-state index in [0.29, 0.717) is 24.0 Å². The normalized spacial score (nSPS) is 11.7. The molecule has 0 heterocycles. The van der Waals surface area contributed by atoms with Crippen LogP contribution in [0.3, 0.4) is 0 Å². The topological polar surface area (TPSA) is 108 Å². The summed E-state index contributed by atoms with van der Waals surface area (Å²) in [4.78, 5) is 25.0. The van der Waals surface area contributed by atoms with Gasteiger partial charge in [-0.05, 0) is 32.9 Å². The molecular weight excluding hydrogens is 473 g/mol. The van der Waals surface area contributed by atoms with E-state index in [-0.39, 0.29) is 33.6 Å². The molecule has 33 heavy (non-hydrogen) atoms. The molecule has 0 aromatic heterocycles. The highest BCUT2D eigenvalue weighted by atomic mass is 35.5. The third kappa shape index (κ3) is 6.49. The Hall–Kier alpha value is -3.04. The van der Waals surface area contributed by atoms with Crippen molar-refractivity contribution in [2.75, 3.05) is 32.8 Å². The van der Waals surface area contributed by atoms with E-state index in [1.807, 2.05) is 6.92 Å². The first kappa shape index (κ1) is 26.2. The number of carbonyl (C=O) groups excluding carboxylic acids is 2. The zero-order valence-electron chi connectivity index (χ0n) is 18.9. The predicted molar refractivity (Wildman–Crippen MR) is 126 cm³/mol. The molecule has 1 amide bonds. The Labute approximate surface area is 202 Å². The molecule has 0 saturated heterocycles. The molecule has 11 heteroatoms. The zero-order chi connectivity index (χ0) is 24.5. The Morgan fingerprint density at radius 2 is 1.61 bits per heavy atom. The lowest BCUT2D eigenvalue weighted by Gasteiger charge is -2.16. The van der Waals surface area contributed by atoms with Crippen molar-refractivity contribution in [2.24, 2.45) is 10.2 Å². The first-order valence-electron chi connectivity index (χ1n) is 9.99. The lowest BCUT2D eigenvalue weighted by atomic mass is 10.2. The maximum absolute atomic E-state index is 12.9. The maximum Gasteiger partial charge on any atom is 0.258 e. The number of rotatable bonds is 11. The number of anilines is 1. The van der Waals surface area contributed by atoms with Crippen LogP contribution >= 0.6 is 23.2 Å². The molecule has 0 saturated carbocycles. The van der Waals surface area contributed by atoms with Gasteiger partial charge in [-0.3, -0.25) is 9.59 Å². The number of Topliss-reactive ketones (excluding diaryl/α,β-unsaturated/α-hetero) is 1. The van der Waals surface area contributed by atoms with Crippen molar-refractivity contribution in [3.05, 3.63) is 34.3 Å². The standard InChI is InChI=1S/C22H25Cl2N3O6/c1-6-32-15-9-8-14(18(24)21(15)33-7-2)25-22(29)19(12(3)28)26-27-20-16(30-4)10-13(23)11-17(20)31-5/h8-11,19H,6-7H2,1-5H3,(H,25,29). The van der Waals surface area contributed by atoms with Crippen LogP contribution in [-0.2, 0) is 9.59 Å². The quantitative estimate of drug-likeness (QED) is 0.324. The number of amides is 1. The van der Waals surface area contributed by atoms with E-state index in [1.54, 1.807) is 19.1 Å². The molecule has 2 aromatic carbocycles. The van der Waals surface area contributed by atoms with E-state index in [9.17, 15) is 9.59 Å². The number of carbonyl (C=O) groups is 2. The average Bonchev–Trinajstić information content (AvgIpc) is 2.78. The van der Waals surface area contributed by atoms with E-state index >= 15 is 0 Å². The summed E-state index contributed by atoms with van der Waals surface area (Å²) >= 11 is 12.5. The number of nitrogens with one attached hydrogen (secondary N) is 1. The molecule has 2 rings (SSSR count). The number of nitrogens with zero attached hydrogens (tertiary/aromatic N) is 2. The van der Waals surface area contributed by atoms with Crippen LogP contribution in [0.4, 0.5) is 11.4 Å². The molecule has 178 valence electrons. The van der Waals surface area contributed by atoms with E-state index in [2.05, 4.69) is 15.5 Å². The number of hydrogen-bond donors (Lipinski definition) is 1. The molecule has 0 fully saturated rings. The Balaban J connectivity index is 2.36. The van der Waals surface area contributed by atoms with Gasteiger partial charge in [0, 0.05) is 17.2 Å². The minimum atomic E-state index is -1.45. The Morgan fingerprint density at radius 3 is 2.12 bits per heavy atom. The number of methoxy groups -OCH3 is 2. The number of azo groups is 1. The molecule has 0 aliphatic rings. The molecule has 0 aliphatic heterocycles. The van der Waals surface area contributed by atoms with Crippen LogP contribution in [0, 0.1) is 0 Å². The van der Waals surface area contributed by atoms with Crippen LogP contribution in [0.25, 0.3) is 0 Å². The van der Waals surface area contributed by atoms with Gasteiger partial charge < -0.3 is 24.3 Å². The Bertz CT molecular complexity index is 1020. The fourth-order valence-electron chi connectivity index (χ4n) is 2.78. The average molecular weight is 498 g/mol. The number of ketones is 1. The summed E-state index contributed by atoms with van der Waals surface area (Å²) in [7, 11) is 2.84. The highest BCUT2D eigenvalue weighted by Gasteiger charge is 2.26. The number of ether oxygens (including phenoxy) is 4. The van der Waals surface area contributed by atoms with Crippen LogP contribution in [-0.4, -0.2) is 45.2 Å². The molecular formula is C22H25Cl2N3O6. The summed E-state index contributed by atoms with van der Waals surface area (Å²) in [6.07, 6.45) is 0. The predicted octanol–water partition coefficient (Wildman–Crippen LogP) is 5.49. The lowest BCUT2D eigenvalue weighted by Crippen LogP contribution is -2.32. The van der Waals surface area contributed by atoms with Gasteiger partial charge in [0.05, 0.1) is 33.1 Å². The van der Waals surface area contributed by atoms with Crippen molar-refractivity contribution in [2.45, 2.75) is 26.8 Å². The molecule has 1 unspecified atom stereocenters. The summed E-state index contributed by atoms with van der Waals surface area (Å²) in [5.41, 5.74) is 0.415. The largest absolute Gasteiger partial charge is 0.494 e. The van der Waals surface area contributed by atoms with Gasteiger partial charge in [-0.15, -0.1) is 5.11 Å². The highest BCUT2D eigenvalue weighted by Crippen LogP contribution is 2.42. The van der Waals surface area contributed by atoms with Crippen molar-refractivity contribution < 1.29 is 28.5 Å². The molecule has 2 aromatic rings. The molecule has 9 nitrogen and oxygen atoms in total. The Morgan fingerprint density at radius 1 is 1.00 bits per heavy atom. The van der Waals surface area contributed by atoms with E-state index < -0.39 is 17.7 Å². The van der Waals surface area contributed by atoms with Gasteiger partial charge >= 0.3 is 0 Å². The lowest BCUT2D eigenvalue weighted by molar-refractivity contribution is -0.126. The molecule has 0 spiro atoms. The summed E-state index contributed by atoms with van der Waals surface area (Å²) in [6.45, 7) is 5.60. The molecule has 0 bridgehead atoms. The Kier molecular flexibility index (Phi) is 9.74. The fourth-order valence-corrected chi connectivity index (χ4v) is 3.23. The SMILES string of the molecule is CCOc1ccc(NC(=O)C(N=Nc2c(OC)cc(Cl)cc2OC)C(C)=O)c(Cl)c1OCC. The minimum Gasteiger partial charge on any atom is -0.494 e. The van der Waals surface area contributed by atoms with E-state index in [1.165, 1.54) is 33.3 Å². The third-order valence-corrected chi connectivity index (χ3v) is 4.85. The van der Waals surface area contributed by atoms with E-state index in [4.69, 9.17) is 42.1 Å². The second kappa shape index (κ2) is 12.3. The maximum atomic E-state index is 12.9. The van der Waals surface area contributed by atoms with Gasteiger partial charge in [0.2, 0.25) is 6.04 Å². The smallest absolute Gasteiger partial charge is 0.258 e. The highest BCUT2D eigenvalue weighted by molar-refractivity contribution is 6.35. The minimum absolute atomic E-state index is 0.136.